The molecule has 0 aliphatic carbocycles. The minimum Gasteiger partial charge on any atom is -0.299 e. The van der Waals surface area contributed by atoms with E-state index < -0.39 is 0 Å². The molecule has 88 valence electrons. The van der Waals surface area contributed by atoms with Crippen molar-refractivity contribution in [1.82, 2.24) is 4.90 Å². The zero-order valence-electron chi connectivity index (χ0n) is 10.5. The molecule has 1 atom stereocenters. The Labute approximate surface area is 103 Å². The molecule has 0 spiro atoms. The topological polar surface area (TPSA) is 27.0 Å². The fourth-order valence-electron chi connectivity index (χ4n) is 1.45. The molecule has 16 heavy (non-hydrogen) atoms. The van der Waals surface area contributed by atoms with E-state index in [-0.39, 0.29) is 5.41 Å². The minimum absolute atomic E-state index is 0.219. The Balaban J connectivity index is 2.48. The summed E-state index contributed by atoms with van der Waals surface area (Å²) in [6.45, 7) is 7.16. The average Bonchev–Trinajstić information content (AvgIpc) is 2.78. The third-order valence-electron chi connectivity index (χ3n) is 3.01. The molecule has 1 heterocycles. The lowest BCUT2D eigenvalue weighted by atomic mass is 9.91. The SMILES string of the molecule is CC(c1cccs1)N(C)CCC(C)(C)C#N. The van der Waals surface area contributed by atoms with Gasteiger partial charge in [-0.05, 0) is 52.2 Å². The third kappa shape index (κ3) is 3.62. The highest BCUT2D eigenvalue weighted by Crippen LogP contribution is 2.25. The number of nitriles is 1. The summed E-state index contributed by atoms with van der Waals surface area (Å²) < 4.78 is 0. The van der Waals surface area contributed by atoms with Gasteiger partial charge in [0.25, 0.3) is 0 Å². The highest BCUT2D eigenvalue weighted by molar-refractivity contribution is 7.10. The molecule has 1 aromatic heterocycles. The Morgan fingerprint density at radius 3 is 2.75 bits per heavy atom. The first-order chi connectivity index (χ1) is 7.46. The van der Waals surface area contributed by atoms with Gasteiger partial charge in [0.1, 0.15) is 0 Å². The van der Waals surface area contributed by atoms with Crippen molar-refractivity contribution in [2.75, 3.05) is 13.6 Å². The second-order valence-electron chi connectivity index (χ2n) is 4.92. The van der Waals surface area contributed by atoms with Crippen LogP contribution in [0.15, 0.2) is 17.5 Å². The number of hydrogen-bond donors (Lipinski definition) is 0. The Morgan fingerprint density at radius 2 is 2.25 bits per heavy atom. The van der Waals surface area contributed by atoms with Crippen LogP contribution in [0.25, 0.3) is 0 Å². The fraction of sp³-hybridized carbons (Fsp3) is 0.615. The van der Waals surface area contributed by atoms with E-state index in [0.717, 1.165) is 13.0 Å². The van der Waals surface area contributed by atoms with E-state index in [9.17, 15) is 0 Å². The summed E-state index contributed by atoms with van der Waals surface area (Å²) in [5.74, 6) is 0. The Kier molecular flexibility index (Phi) is 4.52. The first-order valence-electron chi connectivity index (χ1n) is 5.61. The number of rotatable bonds is 5. The lowest BCUT2D eigenvalue weighted by molar-refractivity contribution is 0.234. The number of thiophene rings is 1. The van der Waals surface area contributed by atoms with Crippen LogP contribution in [-0.2, 0) is 0 Å². The van der Waals surface area contributed by atoms with E-state index in [4.69, 9.17) is 5.26 Å². The van der Waals surface area contributed by atoms with Crippen molar-refractivity contribution in [3.63, 3.8) is 0 Å². The maximum atomic E-state index is 8.96. The van der Waals surface area contributed by atoms with Gasteiger partial charge in [0.2, 0.25) is 0 Å². The monoisotopic (exact) mass is 236 g/mol. The predicted molar refractivity (Wildman–Crippen MR) is 69.4 cm³/mol. The molecule has 0 amide bonds. The summed E-state index contributed by atoms with van der Waals surface area (Å²) in [4.78, 5) is 3.70. The molecule has 1 unspecified atom stereocenters. The first kappa shape index (κ1) is 13.2. The van der Waals surface area contributed by atoms with E-state index in [0.29, 0.717) is 6.04 Å². The molecule has 0 fully saturated rings. The summed E-state index contributed by atoms with van der Waals surface area (Å²) in [5, 5.41) is 11.1. The largest absolute Gasteiger partial charge is 0.299 e. The van der Waals surface area contributed by atoms with Gasteiger partial charge >= 0.3 is 0 Å². The molecule has 3 heteroatoms. The molecule has 0 saturated heterocycles. The van der Waals surface area contributed by atoms with E-state index in [2.05, 4.69) is 42.5 Å². The molecular formula is C13H20N2S. The predicted octanol–water partition coefficient (Wildman–Crippen LogP) is 3.68. The molecule has 1 rings (SSSR count). The van der Waals surface area contributed by atoms with Crippen molar-refractivity contribution >= 4 is 11.3 Å². The zero-order valence-corrected chi connectivity index (χ0v) is 11.3. The van der Waals surface area contributed by atoms with Crippen LogP contribution in [0.4, 0.5) is 0 Å². The van der Waals surface area contributed by atoms with Gasteiger partial charge in [0.05, 0.1) is 11.5 Å². The van der Waals surface area contributed by atoms with Crippen LogP contribution in [0.3, 0.4) is 0 Å². The van der Waals surface area contributed by atoms with Crippen LogP contribution in [-0.4, -0.2) is 18.5 Å². The molecule has 0 N–H and O–H groups in total. The summed E-state index contributed by atoms with van der Waals surface area (Å²) in [5.41, 5.74) is -0.219. The molecule has 0 aliphatic rings. The van der Waals surface area contributed by atoms with Crippen molar-refractivity contribution in [3.05, 3.63) is 22.4 Å². The van der Waals surface area contributed by atoms with Crippen molar-refractivity contribution in [2.45, 2.75) is 33.2 Å². The quantitative estimate of drug-likeness (QED) is 0.779. The van der Waals surface area contributed by atoms with Gasteiger partial charge in [-0.25, -0.2) is 0 Å². The maximum Gasteiger partial charge on any atom is 0.0684 e. The van der Waals surface area contributed by atoms with Gasteiger partial charge in [-0.2, -0.15) is 5.26 Å². The van der Waals surface area contributed by atoms with Gasteiger partial charge < -0.3 is 0 Å². The van der Waals surface area contributed by atoms with Gasteiger partial charge in [-0.15, -0.1) is 11.3 Å². The lowest BCUT2D eigenvalue weighted by Gasteiger charge is -2.26. The number of hydrogen-bond acceptors (Lipinski definition) is 3. The Bertz CT molecular complexity index is 349. The minimum atomic E-state index is -0.219. The van der Waals surface area contributed by atoms with E-state index in [1.807, 2.05) is 13.8 Å². The second-order valence-corrected chi connectivity index (χ2v) is 5.90. The van der Waals surface area contributed by atoms with E-state index >= 15 is 0 Å². The highest BCUT2D eigenvalue weighted by atomic mass is 32.1. The van der Waals surface area contributed by atoms with Gasteiger partial charge in [0, 0.05) is 10.9 Å². The molecule has 0 aliphatic heterocycles. The van der Waals surface area contributed by atoms with Crippen molar-refractivity contribution in [3.8, 4) is 6.07 Å². The highest BCUT2D eigenvalue weighted by Gasteiger charge is 2.19. The van der Waals surface area contributed by atoms with Crippen LogP contribution < -0.4 is 0 Å². The molecule has 0 saturated carbocycles. The lowest BCUT2D eigenvalue weighted by Crippen LogP contribution is -2.26. The second kappa shape index (κ2) is 5.47. The molecule has 0 aromatic carbocycles. The summed E-state index contributed by atoms with van der Waals surface area (Å²) in [6.07, 6.45) is 0.912. The third-order valence-corrected chi connectivity index (χ3v) is 4.05. The zero-order chi connectivity index (χ0) is 12.2. The van der Waals surface area contributed by atoms with Crippen molar-refractivity contribution in [1.29, 1.82) is 5.26 Å². The molecular weight excluding hydrogens is 216 g/mol. The van der Waals surface area contributed by atoms with Crippen LogP contribution in [0.5, 0.6) is 0 Å². The summed E-state index contributed by atoms with van der Waals surface area (Å²) in [6, 6.07) is 7.04. The van der Waals surface area contributed by atoms with Crippen LogP contribution in [0.1, 0.15) is 38.1 Å². The molecule has 0 bridgehead atoms. The number of nitrogens with zero attached hydrogens (tertiary/aromatic N) is 2. The van der Waals surface area contributed by atoms with E-state index in [1.165, 1.54) is 4.88 Å². The van der Waals surface area contributed by atoms with Crippen molar-refractivity contribution < 1.29 is 0 Å². The van der Waals surface area contributed by atoms with Gasteiger partial charge in [0.15, 0.2) is 0 Å². The maximum absolute atomic E-state index is 8.96. The van der Waals surface area contributed by atoms with Crippen molar-refractivity contribution in [2.24, 2.45) is 5.41 Å². The Morgan fingerprint density at radius 1 is 1.56 bits per heavy atom. The van der Waals surface area contributed by atoms with Gasteiger partial charge in [-0.3, -0.25) is 4.90 Å². The fourth-order valence-corrected chi connectivity index (χ4v) is 2.30. The average molecular weight is 236 g/mol. The van der Waals surface area contributed by atoms with Crippen LogP contribution >= 0.6 is 11.3 Å². The molecule has 2 nitrogen and oxygen atoms in total. The Hall–Kier alpha value is -0.850. The summed E-state index contributed by atoms with van der Waals surface area (Å²) in [7, 11) is 2.12. The normalized spacial score (nSPS) is 13.8. The van der Waals surface area contributed by atoms with Crippen LogP contribution in [0.2, 0.25) is 0 Å². The smallest absolute Gasteiger partial charge is 0.0684 e. The summed E-state index contributed by atoms with van der Waals surface area (Å²) >= 11 is 1.79. The molecule has 1 aromatic rings. The molecule has 0 radical (unpaired) electrons. The first-order valence-corrected chi connectivity index (χ1v) is 6.49. The van der Waals surface area contributed by atoms with Crippen LogP contribution in [0, 0.1) is 16.7 Å². The van der Waals surface area contributed by atoms with Gasteiger partial charge in [-0.1, -0.05) is 6.07 Å². The standard InChI is InChI=1S/C13H20N2S/c1-11(12-6-5-9-16-12)15(4)8-7-13(2,3)10-14/h5-6,9,11H,7-8H2,1-4H3. The van der Waals surface area contributed by atoms with E-state index in [1.54, 1.807) is 11.3 Å².